The van der Waals surface area contributed by atoms with Gasteiger partial charge in [-0.1, -0.05) is 48.5 Å². The number of methoxy groups -OCH3 is 2. The van der Waals surface area contributed by atoms with Crippen molar-refractivity contribution in [3.63, 3.8) is 0 Å². The Hall–Kier alpha value is -5.91. The summed E-state index contributed by atoms with van der Waals surface area (Å²) in [7, 11) is 2.74. The summed E-state index contributed by atoms with van der Waals surface area (Å²) in [5.74, 6) is -5.49. The molecule has 0 aliphatic carbocycles. The lowest BCUT2D eigenvalue weighted by molar-refractivity contribution is -0.159. The van der Waals surface area contributed by atoms with Crippen molar-refractivity contribution in [2.45, 2.75) is 12.2 Å². The molecule has 0 aliphatic rings. The van der Waals surface area contributed by atoms with Gasteiger partial charge in [-0.3, -0.25) is 20.4 Å². The molecule has 2 amide bonds. The predicted octanol–water partition coefficient (Wildman–Crippen LogP) is 3.15. The third kappa shape index (κ3) is 7.24. The first-order valence-corrected chi connectivity index (χ1v) is 12.7. The van der Waals surface area contributed by atoms with Gasteiger partial charge in [-0.15, -0.1) is 0 Å². The van der Waals surface area contributed by atoms with Crippen molar-refractivity contribution >= 4 is 40.5 Å². The lowest BCUT2D eigenvalue weighted by atomic mass is 10.0. The minimum absolute atomic E-state index is 0.0831. The molecule has 4 aromatic rings. The van der Waals surface area contributed by atoms with Crippen molar-refractivity contribution in [2.75, 3.05) is 14.2 Å². The van der Waals surface area contributed by atoms with E-state index in [2.05, 4.69) is 10.9 Å². The van der Waals surface area contributed by atoms with Gasteiger partial charge in [0.1, 0.15) is 11.5 Å². The molecule has 12 nitrogen and oxygen atoms in total. The fourth-order valence-electron chi connectivity index (χ4n) is 4.04. The number of carbonyl (C=O) groups excluding carboxylic acids is 4. The molecular weight excluding hydrogens is 560 g/mol. The molecule has 0 saturated carbocycles. The lowest BCUT2D eigenvalue weighted by Crippen LogP contribution is -2.54. The SMILES string of the molecule is COc1cccc(C(=O)O[C@H](C(=O)O)[C@@H](OC(=O)c2cccc(OC)c2)C(=O)NNC(=O)c2cccc3ccccc23)c1. The molecule has 12 heteroatoms. The summed E-state index contributed by atoms with van der Waals surface area (Å²) < 4.78 is 20.6. The Bertz CT molecular complexity index is 1680. The second kappa shape index (κ2) is 13.6. The number of carbonyl (C=O) groups is 5. The van der Waals surface area contributed by atoms with E-state index in [0.717, 1.165) is 5.39 Å². The summed E-state index contributed by atoms with van der Waals surface area (Å²) in [4.78, 5) is 64.4. The van der Waals surface area contributed by atoms with E-state index in [1.54, 1.807) is 48.5 Å². The molecular formula is C31H26N2O10. The van der Waals surface area contributed by atoms with E-state index in [0.29, 0.717) is 5.39 Å². The number of carboxylic acids is 1. The Morgan fingerprint density at radius 1 is 0.651 bits per heavy atom. The molecule has 0 aromatic heterocycles. The standard InChI is InChI=1S/C31H26N2O10/c1-40-21-12-5-10-19(16-21)30(38)42-25(26(29(36)37)43-31(39)20-11-6-13-22(17-20)41-2)28(35)33-32-27(34)24-15-7-9-18-8-3-4-14-23(18)24/h3-17,25-26H,1-2H3,(H,32,34)(H,33,35)(H,36,37)/t25-,26+/m1/s1. The monoisotopic (exact) mass is 586 g/mol. The molecule has 4 aromatic carbocycles. The first-order chi connectivity index (χ1) is 20.7. The molecule has 0 fully saturated rings. The van der Waals surface area contributed by atoms with Crippen LogP contribution in [0.2, 0.25) is 0 Å². The number of hydrogen-bond donors (Lipinski definition) is 3. The van der Waals surface area contributed by atoms with Gasteiger partial charge in [-0.05, 0) is 53.2 Å². The molecule has 0 bridgehead atoms. The maximum atomic E-state index is 13.3. The topological polar surface area (TPSA) is 167 Å². The van der Waals surface area contributed by atoms with Crippen LogP contribution in [-0.2, 0) is 19.1 Å². The summed E-state index contributed by atoms with van der Waals surface area (Å²) >= 11 is 0. The number of esters is 2. The minimum Gasteiger partial charge on any atom is -0.497 e. The van der Waals surface area contributed by atoms with Crippen molar-refractivity contribution in [1.82, 2.24) is 10.9 Å². The quantitative estimate of drug-likeness (QED) is 0.186. The number of carboxylic acid groups (broad SMARTS) is 1. The van der Waals surface area contributed by atoms with E-state index in [1.165, 1.54) is 56.7 Å². The third-order valence-electron chi connectivity index (χ3n) is 6.19. The zero-order valence-electron chi connectivity index (χ0n) is 22.9. The van der Waals surface area contributed by atoms with E-state index < -0.39 is 41.9 Å². The second-order valence-corrected chi connectivity index (χ2v) is 8.92. The maximum absolute atomic E-state index is 13.3. The van der Waals surface area contributed by atoms with Crippen molar-refractivity contribution in [3.8, 4) is 11.5 Å². The number of fused-ring (bicyclic) bond motifs is 1. The highest BCUT2D eigenvalue weighted by atomic mass is 16.6. The number of amides is 2. The van der Waals surface area contributed by atoms with Crippen LogP contribution in [0.3, 0.4) is 0 Å². The van der Waals surface area contributed by atoms with Crippen molar-refractivity contribution in [2.24, 2.45) is 0 Å². The molecule has 0 spiro atoms. The normalized spacial score (nSPS) is 11.9. The lowest BCUT2D eigenvalue weighted by Gasteiger charge is -2.23. The van der Waals surface area contributed by atoms with Gasteiger partial charge in [0.25, 0.3) is 11.8 Å². The van der Waals surface area contributed by atoms with Crippen molar-refractivity contribution < 1.29 is 48.0 Å². The Balaban J connectivity index is 1.60. The summed E-state index contributed by atoms with van der Waals surface area (Å²) in [6.45, 7) is 0. The van der Waals surface area contributed by atoms with E-state index in [-0.39, 0.29) is 28.2 Å². The molecule has 2 atom stereocenters. The Morgan fingerprint density at radius 2 is 1.19 bits per heavy atom. The first-order valence-electron chi connectivity index (χ1n) is 12.7. The van der Waals surface area contributed by atoms with E-state index in [9.17, 15) is 29.1 Å². The second-order valence-electron chi connectivity index (χ2n) is 8.92. The highest BCUT2D eigenvalue weighted by molar-refractivity contribution is 6.07. The minimum atomic E-state index is -2.32. The number of hydrazine groups is 1. The molecule has 0 radical (unpaired) electrons. The van der Waals surface area contributed by atoms with Gasteiger partial charge in [0.05, 0.1) is 25.3 Å². The third-order valence-corrected chi connectivity index (χ3v) is 6.19. The molecule has 0 saturated heterocycles. The number of nitrogens with one attached hydrogen (secondary N) is 2. The number of aliphatic carboxylic acids is 1. The summed E-state index contributed by atoms with van der Waals surface area (Å²) in [5.41, 5.74) is 4.31. The van der Waals surface area contributed by atoms with E-state index in [1.807, 2.05) is 0 Å². The number of ether oxygens (including phenoxy) is 4. The van der Waals surface area contributed by atoms with Crippen LogP contribution in [-0.4, -0.2) is 61.3 Å². The number of hydrogen-bond acceptors (Lipinski definition) is 9. The van der Waals surface area contributed by atoms with Crippen LogP contribution in [0.1, 0.15) is 31.1 Å². The van der Waals surface area contributed by atoms with Crippen LogP contribution in [0.5, 0.6) is 11.5 Å². The van der Waals surface area contributed by atoms with E-state index >= 15 is 0 Å². The van der Waals surface area contributed by atoms with Gasteiger partial charge in [-0.2, -0.15) is 0 Å². The van der Waals surface area contributed by atoms with Gasteiger partial charge in [0.15, 0.2) is 0 Å². The van der Waals surface area contributed by atoms with Crippen LogP contribution < -0.4 is 20.3 Å². The van der Waals surface area contributed by atoms with Gasteiger partial charge in [0.2, 0.25) is 12.2 Å². The Labute approximate surface area is 245 Å². The van der Waals surface area contributed by atoms with Crippen LogP contribution in [0, 0.1) is 0 Å². The molecule has 43 heavy (non-hydrogen) atoms. The van der Waals surface area contributed by atoms with Gasteiger partial charge in [0, 0.05) is 5.56 Å². The smallest absolute Gasteiger partial charge is 0.349 e. The zero-order valence-corrected chi connectivity index (χ0v) is 22.9. The van der Waals surface area contributed by atoms with Crippen LogP contribution in [0.25, 0.3) is 10.8 Å². The zero-order chi connectivity index (χ0) is 30.9. The Kier molecular flexibility index (Phi) is 9.53. The van der Waals surface area contributed by atoms with Crippen LogP contribution >= 0.6 is 0 Å². The van der Waals surface area contributed by atoms with Crippen molar-refractivity contribution in [1.29, 1.82) is 0 Å². The van der Waals surface area contributed by atoms with Gasteiger partial charge < -0.3 is 24.1 Å². The van der Waals surface area contributed by atoms with Gasteiger partial charge >= 0.3 is 17.9 Å². The average Bonchev–Trinajstić information content (AvgIpc) is 3.04. The highest BCUT2D eigenvalue weighted by Crippen LogP contribution is 2.20. The fourth-order valence-corrected chi connectivity index (χ4v) is 4.04. The van der Waals surface area contributed by atoms with E-state index in [4.69, 9.17) is 18.9 Å². The molecule has 0 heterocycles. The van der Waals surface area contributed by atoms with Crippen molar-refractivity contribution in [3.05, 3.63) is 108 Å². The maximum Gasteiger partial charge on any atom is 0.349 e. The number of rotatable bonds is 10. The summed E-state index contributed by atoms with van der Waals surface area (Å²) in [6, 6.07) is 23.4. The molecule has 4 rings (SSSR count). The molecule has 220 valence electrons. The van der Waals surface area contributed by atoms with Crippen LogP contribution in [0.15, 0.2) is 91.0 Å². The number of benzene rings is 4. The van der Waals surface area contributed by atoms with Gasteiger partial charge in [-0.25, -0.2) is 14.4 Å². The largest absolute Gasteiger partial charge is 0.497 e. The average molecular weight is 587 g/mol. The predicted molar refractivity (Wildman–Crippen MR) is 152 cm³/mol. The molecule has 0 unspecified atom stereocenters. The highest BCUT2D eigenvalue weighted by Gasteiger charge is 2.41. The Morgan fingerprint density at radius 3 is 1.77 bits per heavy atom. The summed E-state index contributed by atoms with van der Waals surface area (Å²) in [6.07, 6.45) is -4.55. The fraction of sp³-hybridized carbons (Fsp3) is 0.129. The molecule has 0 aliphatic heterocycles. The first kappa shape index (κ1) is 30.1. The summed E-state index contributed by atoms with van der Waals surface area (Å²) in [5, 5.41) is 11.3. The van der Waals surface area contributed by atoms with Crippen LogP contribution in [0.4, 0.5) is 0 Å². The molecule has 3 N–H and O–H groups in total.